The van der Waals surface area contributed by atoms with Crippen LogP contribution in [0.15, 0.2) is 17.0 Å². The van der Waals surface area contributed by atoms with Crippen molar-refractivity contribution < 1.29 is 14.3 Å². The molecule has 1 aromatic rings. The fourth-order valence-corrected chi connectivity index (χ4v) is 1.71. The van der Waals surface area contributed by atoms with Crippen LogP contribution in [-0.2, 0) is 16.0 Å². The highest BCUT2D eigenvalue weighted by Crippen LogP contribution is 2.22. The van der Waals surface area contributed by atoms with Gasteiger partial charge in [0, 0.05) is 10.5 Å². The minimum atomic E-state index is -0.384. The van der Waals surface area contributed by atoms with Gasteiger partial charge in [-0.3, -0.25) is 9.59 Å². The summed E-state index contributed by atoms with van der Waals surface area (Å²) in [6.07, 6.45) is 0.632. The van der Waals surface area contributed by atoms with Crippen molar-refractivity contribution in [2.45, 2.75) is 18.2 Å². The molecule has 0 aromatic heterocycles. The summed E-state index contributed by atoms with van der Waals surface area (Å²) >= 11 is 4.17. The zero-order valence-corrected chi connectivity index (χ0v) is 10.2. The summed E-state index contributed by atoms with van der Waals surface area (Å²) in [6, 6.07) is 5.00. The molecule has 88 valence electrons. The van der Waals surface area contributed by atoms with Gasteiger partial charge in [-0.1, -0.05) is 6.07 Å². The molecule has 0 unspecified atom stereocenters. The third kappa shape index (κ3) is 3.08. The van der Waals surface area contributed by atoms with Gasteiger partial charge in [-0.15, -0.1) is 12.6 Å². The van der Waals surface area contributed by atoms with Gasteiger partial charge in [0.05, 0.1) is 18.6 Å². The second kappa shape index (κ2) is 6.06. The zero-order valence-electron chi connectivity index (χ0n) is 9.27. The van der Waals surface area contributed by atoms with E-state index in [0.717, 1.165) is 0 Å². The lowest BCUT2D eigenvalue weighted by atomic mass is 10.0. The average molecular weight is 249 g/mol. The number of ether oxygens (including phenoxy) is 1. The Balaban J connectivity index is 3.08. The van der Waals surface area contributed by atoms with Gasteiger partial charge < -0.3 is 4.74 Å². The van der Waals surface area contributed by atoms with Crippen molar-refractivity contribution in [3.8, 4) is 6.07 Å². The van der Waals surface area contributed by atoms with Crippen LogP contribution in [0.5, 0.6) is 0 Å². The lowest BCUT2D eigenvalue weighted by Gasteiger charge is -2.07. The van der Waals surface area contributed by atoms with Crippen molar-refractivity contribution in [1.29, 1.82) is 5.26 Å². The van der Waals surface area contributed by atoms with Crippen LogP contribution in [0.25, 0.3) is 0 Å². The summed E-state index contributed by atoms with van der Waals surface area (Å²) in [5, 5.41) is 8.92. The zero-order chi connectivity index (χ0) is 12.8. The first-order valence-corrected chi connectivity index (χ1v) is 5.44. The Morgan fingerprint density at radius 2 is 2.29 bits per heavy atom. The maximum Gasteiger partial charge on any atom is 0.310 e. The highest BCUT2D eigenvalue weighted by molar-refractivity contribution is 7.80. The predicted molar refractivity (Wildman–Crippen MR) is 64.1 cm³/mol. The van der Waals surface area contributed by atoms with Gasteiger partial charge in [0.15, 0.2) is 6.29 Å². The Hall–Kier alpha value is -1.80. The molecule has 0 spiro atoms. The Bertz CT molecular complexity index is 491. The molecule has 4 nitrogen and oxygen atoms in total. The van der Waals surface area contributed by atoms with E-state index in [1.165, 1.54) is 6.07 Å². The summed E-state index contributed by atoms with van der Waals surface area (Å²) in [5.74, 6) is -0.384. The molecule has 17 heavy (non-hydrogen) atoms. The summed E-state index contributed by atoms with van der Waals surface area (Å²) in [5.41, 5.74) is 1.03. The minimum absolute atomic E-state index is 0.0422. The molecule has 0 radical (unpaired) electrons. The number of hydrogen-bond donors (Lipinski definition) is 1. The highest BCUT2D eigenvalue weighted by Gasteiger charge is 2.13. The molecule has 0 aliphatic heterocycles. The van der Waals surface area contributed by atoms with E-state index in [2.05, 4.69) is 12.6 Å². The first kappa shape index (κ1) is 13.3. The number of carbonyl (C=O) groups excluding carboxylic acids is 2. The van der Waals surface area contributed by atoms with Gasteiger partial charge >= 0.3 is 5.97 Å². The summed E-state index contributed by atoms with van der Waals surface area (Å²) < 4.78 is 4.81. The van der Waals surface area contributed by atoms with Crippen LogP contribution in [0.1, 0.15) is 28.4 Å². The van der Waals surface area contributed by atoms with Crippen LogP contribution in [0, 0.1) is 11.3 Å². The fraction of sp³-hybridized carbons (Fsp3) is 0.250. The van der Waals surface area contributed by atoms with E-state index in [9.17, 15) is 9.59 Å². The number of nitriles is 1. The number of rotatable bonds is 4. The molecule has 1 rings (SSSR count). The molecule has 0 aliphatic carbocycles. The van der Waals surface area contributed by atoms with E-state index >= 15 is 0 Å². The van der Waals surface area contributed by atoms with Gasteiger partial charge in [-0.05, 0) is 18.6 Å². The second-order valence-electron chi connectivity index (χ2n) is 3.25. The predicted octanol–water partition coefficient (Wildman–Crippen LogP) is 1.77. The Labute approximate surface area is 105 Å². The van der Waals surface area contributed by atoms with Gasteiger partial charge in [-0.2, -0.15) is 5.26 Å². The first-order chi connectivity index (χ1) is 8.13. The number of aldehydes is 1. The van der Waals surface area contributed by atoms with E-state index in [1.54, 1.807) is 13.0 Å². The maximum atomic E-state index is 11.3. The molecule has 0 bridgehead atoms. The molecule has 0 heterocycles. The van der Waals surface area contributed by atoms with Crippen LogP contribution in [0.3, 0.4) is 0 Å². The number of benzene rings is 1. The van der Waals surface area contributed by atoms with Crippen molar-refractivity contribution in [2.75, 3.05) is 6.61 Å². The van der Waals surface area contributed by atoms with E-state index in [0.29, 0.717) is 23.4 Å². The van der Waals surface area contributed by atoms with Crippen LogP contribution in [0.4, 0.5) is 0 Å². The maximum absolute atomic E-state index is 11.3. The largest absolute Gasteiger partial charge is 0.466 e. The van der Waals surface area contributed by atoms with Crippen LogP contribution in [-0.4, -0.2) is 18.9 Å². The highest BCUT2D eigenvalue weighted by atomic mass is 32.1. The first-order valence-electron chi connectivity index (χ1n) is 4.99. The van der Waals surface area contributed by atoms with Crippen molar-refractivity contribution in [3.05, 3.63) is 28.8 Å². The number of esters is 1. The molecule has 0 fully saturated rings. The standard InChI is InChI=1S/C12H11NO3S/c1-2-16-11(15)5-8-3-4-9(7-14)10(6-13)12(8)17/h3-4,7,17H,2,5H2,1H3. The van der Waals surface area contributed by atoms with Crippen molar-refractivity contribution in [2.24, 2.45) is 0 Å². The third-order valence-electron chi connectivity index (χ3n) is 2.17. The molecule has 0 N–H and O–H groups in total. The topological polar surface area (TPSA) is 67.2 Å². The summed E-state index contributed by atoms with van der Waals surface area (Å²) in [4.78, 5) is 22.4. The fourth-order valence-electron chi connectivity index (χ4n) is 1.38. The van der Waals surface area contributed by atoms with Crippen molar-refractivity contribution in [1.82, 2.24) is 0 Å². The molecule has 0 saturated heterocycles. The molecule has 0 atom stereocenters. The van der Waals surface area contributed by atoms with Crippen LogP contribution in [0.2, 0.25) is 0 Å². The van der Waals surface area contributed by atoms with E-state index in [1.807, 2.05) is 6.07 Å². The quantitative estimate of drug-likeness (QED) is 0.501. The monoisotopic (exact) mass is 249 g/mol. The number of hydrogen-bond acceptors (Lipinski definition) is 5. The average Bonchev–Trinajstić information content (AvgIpc) is 2.31. The SMILES string of the molecule is CCOC(=O)Cc1ccc(C=O)c(C#N)c1S. The number of nitrogens with zero attached hydrogens (tertiary/aromatic N) is 1. The minimum Gasteiger partial charge on any atom is -0.466 e. The summed E-state index contributed by atoms with van der Waals surface area (Å²) in [6.45, 7) is 2.02. The molecule has 5 heteroatoms. The lowest BCUT2D eigenvalue weighted by molar-refractivity contribution is -0.142. The normalized spacial score (nSPS) is 9.47. The van der Waals surface area contributed by atoms with Crippen molar-refractivity contribution >= 4 is 24.9 Å². The molecular formula is C12H11NO3S. The van der Waals surface area contributed by atoms with Crippen molar-refractivity contribution in [3.63, 3.8) is 0 Å². The van der Waals surface area contributed by atoms with Gasteiger partial charge in [0.1, 0.15) is 6.07 Å². The Morgan fingerprint density at radius 3 is 2.82 bits per heavy atom. The molecule has 0 aliphatic rings. The van der Waals surface area contributed by atoms with E-state index in [4.69, 9.17) is 10.00 Å². The molecule has 1 aromatic carbocycles. The molecular weight excluding hydrogens is 238 g/mol. The molecule has 0 saturated carbocycles. The van der Waals surface area contributed by atoms with E-state index in [-0.39, 0.29) is 23.5 Å². The number of thiol groups is 1. The number of carbonyl (C=O) groups is 2. The second-order valence-corrected chi connectivity index (χ2v) is 3.70. The van der Waals surface area contributed by atoms with Gasteiger partial charge in [0.25, 0.3) is 0 Å². The smallest absolute Gasteiger partial charge is 0.310 e. The lowest BCUT2D eigenvalue weighted by Crippen LogP contribution is -2.09. The Kier molecular flexibility index (Phi) is 4.73. The Morgan fingerprint density at radius 1 is 1.59 bits per heavy atom. The van der Waals surface area contributed by atoms with E-state index < -0.39 is 0 Å². The van der Waals surface area contributed by atoms with Gasteiger partial charge in [-0.25, -0.2) is 0 Å². The van der Waals surface area contributed by atoms with Crippen LogP contribution >= 0.6 is 12.6 Å². The third-order valence-corrected chi connectivity index (χ3v) is 2.68. The summed E-state index contributed by atoms with van der Waals surface area (Å²) in [7, 11) is 0. The van der Waals surface area contributed by atoms with Gasteiger partial charge in [0.2, 0.25) is 0 Å². The van der Waals surface area contributed by atoms with Crippen LogP contribution < -0.4 is 0 Å². The molecule has 0 amide bonds.